The maximum Gasteiger partial charge on any atom is 0.236 e. The highest BCUT2D eigenvalue weighted by Gasteiger charge is 2.32. The first-order valence-electron chi connectivity index (χ1n) is 7.24. The molecule has 2 atom stereocenters. The molecule has 5 nitrogen and oxygen atoms in total. The quantitative estimate of drug-likeness (QED) is 0.881. The zero-order valence-corrected chi connectivity index (χ0v) is 14.3. The summed E-state index contributed by atoms with van der Waals surface area (Å²) >= 11 is 6.13. The second kappa shape index (κ2) is 6.98. The molecule has 122 valence electrons. The fraction of sp³-hybridized carbons (Fsp3) is 0.533. The van der Waals surface area contributed by atoms with Gasteiger partial charge in [0.15, 0.2) is 9.84 Å². The van der Waals surface area contributed by atoms with Gasteiger partial charge in [-0.3, -0.25) is 4.79 Å². The Hall–Kier alpha value is -1.11. The molecule has 0 aliphatic carbocycles. The van der Waals surface area contributed by atoms with Crippen LogP contribution in [0.15, 0.2) is 24.3 Å². The van der Waals surface area contributed by atoms with Crippen LogP contribution < -0.4 is 5.32 Å². The van der Waals surface area contributed by atoms with Crippen molar-refractivity contribution in [3.05, 3.63) is 34.9 Å². The van der Waals surface area contributed by atoms with E-state index in [0.29, 0.717) is 11.4 Å². The van der Waals surface area contributed by atoms with E-state index in [2.05, 4.69) is 5.32 Å². The van der Waals surface area contributed by atoms with Crippen LogP contribution in [0.2, 0.25) is 5.02 Å². The van der Waals surface area contributed by atoms with Crippen LogP contribution >= 0.6 is 11.6 Å². The molecule has 1 aromatic carbocycles. The average Bonchev–Trinajstić information content (AvgIpc) is 2.84. The Bertz CT molecular complexity index is 648. The second-order valence-corrected chi connectivity index (χ2v) is 8.32. The molecule has 0 aromatic heterocycles. The third-order valence-electron chi connectivity index (χ3n) is 4.08. The third kappa shape index (κ3) is 4.21. The van der Waals surface area contributed by atoms with Crippen LogP contribution in [-0.4, -0.2) is 50.4 Å². The molecule has 0 spiro atoms. The maximum absolute atomic E-state index is 12.2. The lowest BCUT2D eigenvalue weighted by Gasteiger charge is -2.24. The van der Waals surface area contributed by atoms with Gasteiger partial charge in [0.05, 0.1) is 18.1 Å². The van der Waals surface area contributed by atoms with E-state index < -0.39 is 9.84 Å². The number of rotatable bonds is 5. The standard InChI is InChI=1S/C15H21ClN2O3S/c1-11(13-5-3-4-6-14(13)16)17-9-15(19)18(2)12-7-8-22(20,21)10-12/h3-6,11-12,17H,7-10H2,1-2H3/t11-,12+/m1/s1. The zero-order valence-electron chi connectivity index (χ0n) is 12.8. The topological polar surface area (TPSA) is 66.5 Å². The van der Waals surface area contributed by atoms with Gasteiger partial charge in [-0.05, 0) is 25.0 Å². The van der Waals surface area contributed by atoms with E-state index in [1.807, 2.05) is 31.2 Å². The van der Waals surface area contributed by atoms with Crippen LogP contribution in [0.3, 0.4) is 0 Å². The van der Waals surface area contributed by atoms with Gasteiger partial charge < -0.3 is 10.2 Å². The average molecular weight is 345 g/mol. The van der Waals surface area contributed by atoms with E-state index in [1.165, 1.54) is 4.90 Å². The molecule has 1 saturated heterocycles. The maximum atomic E-state index is 12.2. The van der Waals surface area contributed by atoms with E-state index in [9.17, 15) is 13.2 Å². The van der Waals surface area contributed by atoms with Gasteiger partial charge in [-0.25, -0.2) is 8.42 Å². The molecule has 7 heteroatoms. The summed E-state index contributed by atoms with van der Waals surface area (Å²) in [6.45, 7) is 2.09. The number of nitrogens with zero attached hydrogens (tertiary/aromatic N) is 1. The molecule has 1 heterocycles. The number of sulfone groups is 1. The number of benzene rings is 1. The van der Waals surface area contributed by atoms with Crippen LogP contribution in [0.25, 0.3) is 0 Å². The lowest BCUT2D eigenvalue weighted by Crippen LogP contribution is -2.43. The van der Waals surface area contributed by atoms with Crippen molar-refractivity contribution < 1.29 is 13.2 Å². The van der Waals surface area contributed by atoms with Crippen molar-refractivity contribution in [3.63, 3.8) is 0 Å². The molecular formula is C15H21ClN2O3S. The minimum absolute atomic E-state index is 0.0571. The van der Waals surface area contributed by atoms with Crippen LogP contribution in [0.4, 0.5) is 0 Å². The first kappa shape index (κ1) is 17.2. The Morgan fingerprint density at radius 1 is 1.45 bits per heavy atom. The highest BCUT2D eigenvalue weighted by molar-refractivity contribution is 7.91. The van der Waals surface area contributed by atoms with E-state index in [1.54, 1.807) is 7.05 Å². The highest BCUT2D eigenvalue weighted by Crippen LogP contribution is 2.22. The predicted molar refractivity (Wildman–Crippen MR) is 87.7 cm³/mol. The van der Waals surface area contributed by atoms with Gasteiger partial charge in [-0.2, -0.15) is 0 Å². The molecule has 0 bridgehead atoms. The van der Waals surface area contributed by atoms with Gasteiger partial charge in [0, 0.05) is 24.2 Å². The number of hydrogen-bond donors (Lipinski definition) is 1. The number of carbonyl (C=O) groups is 1. The molecule has 1 aliphatic rings. The van der Waals surface area contributed by atoms with Crippen LogP contribution in [-0.2, 0) is 14.6 Å². The fourth-order valence-corrected chi connectivity index (χ4v) is 4.66. The summed E-state index contributed by atoms with van der Waals surface area (Å²) in [7, 11) is -1.32. The molecule has 1 aromatic rings. The lowest BCUT2D eigenvalue weighted by atomic mass is 10.1. The summed E-state index contributed by atoms with van der Waals surface area (Å²) in [5, 5.41) is 3.80. The zero-order chi connectivity index (χ0) is 16.3. The monoisotopic (exact) mass is 344 g/mol. The van der Waals surface area contributed by atoms with Gasteiger partial charge in [-0.15, -0.1) is 0 Å². The second-order valence-electron chi connectivity index (χ2n) is 5.69. The van der Waals surface area contributed by atoms with Gasteiger partial charge >= 0.3 is 0 Å². The molecule has 2 rings (SSSR count). The van der Waals surface area contributed by atoms with Gasteiger partial charge in [-0.1, -0.05) is 29.8 Å². The minimum Gasteiger partial charge on any atom is -0.341 e. The fourth-order valence-electron chi connectivity index (χ4n) is 2.59. The molecular weight excluding hydrogens is 324 g/mol. The van der Waals surface area contributed by atoms with Crippen LogP contribution in [0.1, 0.15) is 24.9 Å². The van der Waals surface area contributed by atoms with Crippen molar-refractivity contribution in [3.8, 4) is 0 Å². The minimum atomic E-state index is -2.99. The Labute approximate surface area is 136 Å². The first-order valence-corrected chi connectivity index (χ1v) is 9.44. The van der Waals surface area contributed by atoms with Crippen molar-refractivity contribution >= 4 is 27.3 Å². The SMILES string of the molecule is C[C@@H](NCC(=O)N(C)[C@H]1CCS(=O)(=O)C1)c1ccccc1Cl. The van der Waals surface area contributed by atoms with Crippen molar-refractivity contribution in [1.29, 1.82) is 0 Å². The smallest absolute Gasteiger partial charge is 0.236 e. The molecule has 0 unspecified atom stereocenters. The van der Waals surface area contributed by atoms with Crippen molar-refractivity contribution in [1.82, 2.24) is 10.2 Å². The third-order valence-corrected chi connectivity index (χ3v) is 6.18. The summed E-state index contributed by atoms with van der Waals surface area (Å²) in [4.78, 5) is 13.7. The number of halogens is 1. The van der Waals surface area contributed by atoms with Crippen molar-refractivity contribution in [2.45, 2.75) is 25.4 Å². The van der Waals surface area contributed by atoms with Gasteiger partial charge in [0.1, 0.15) is 0 Å². The normalized spacial score (nSPS) is 21.5. The molecule has 0 radical (unpaired) electrons. The van der Waals surface area contributed by atoms with Crippen molar-refractivity contribution in [2.75, 3.05) is 25.1 Å². The van der Waals surface area contributed by atoms with Gasteiger partial charge in [0.2, 0.25) is 5.91 Å². The van der Waals surface area contributed by atoms with E-state index in [-0.39, 0.29) is 36.0 Å². The number of nitrogens with one attached hydrogen (secondary N) is 1. The molecule has 1 N–H and O–H groups in total. The Morgan fingerprint density at radius 3 is 2.73 bits per heavy atom. The molecule has 22 heavy (non-hydrogen) atoms. The summed E-state index contributed by atoms with van der Waals surface area (Å²) in [5.41, 5.74) is 0.933. The number of likely N-dealkylation sites (N-methyl/N-ethyl adjacent to an activating group) is 1. The first-order chi connectivity index (χ1) is 10.3. The Balaban J connectivity index is 1.89. The van der Waals surface area contributed by atoms with Crippen molar-refractivity contribution in [2.24, 2.45) is 0 Å². The Morgan fingerprint density at radius 2 is 2.14 bits per heavy atom. The summed E-state index contributed by atoms with van der Waals surface area (Å²) in [5.74, 6) is 0.120. The van der Waals surface area contributed by atoms with E-state index in [4.69, 9.17) is 11.6 Å². The van der Waals surface area contributed by atoms with Crippen LogP contribution in [0.5, 0.6) is 0 Å². The molecule has 1 amide bonds. The van der Waals surface area contributed by atoms with E-state index >= 15 is 0 Å². The highest BCUT2D eigenvalue weighted by atomic mass is 35.5. The number of amides is 1. The largest absolute Gasteiger partial charge is 0.341 e. The Kier molecular flexibility index (Phi) is 5.47. The van der Waals surface area contributed by atoms with Crippen LogP contribution in [0, 0.1) is 0 Å². The number of hydrogen-bond acceptors (Lipinski definition) is 4. The number of carbonyl (C=O) groups excluding carboxylic acids is 1. The molecule has 0 saturated carbocycles. The summed E-state index contributed by atoms with van der Waals surface area (Å²) < 4.78 is 23.0. The lowest BCUT2D eigenvalue weighted by molar-refractivity contribution is -0.130. The summed E-state index contributed by atoms with van der Waals surface area (Å²) in [6.07, 6.45) is 0.518. The van der Waals surface area contributed by atoms with E-state index in [0.717, 1.165) is 5.56 Å². The summed E-state index contributed by atoms with van der Waals surface area (Å²) in [6, 6.07) is 7.21. The molecule has 1 fully saturated rings. The molecule has 1 aliphatic heterocycles. The predicted octanol–water partition coefficient (Wildman–Crippen LogP) is 1.64. The van der Waals surface area contributed by atoms with Gasteiger partial charge in [0.25, 0.3) is 0 Å².